The molecule has 0 atom stereocenters. The fraction of sp³-hybridized carbons (Fsp3) is 0.450. The SMILES string of the molecule is CCOc1ccc2nc(C(C)C)sc2c1.COc1cc(C(C)C)cnn1. The molecule has 3 aromatic rings. The molecule has 0 amide bonds. The van der Waals surface area contributed by atoms with Crippen LogP contribution in [0.5, 0.6) is 11.6 Å². The maximum Gasteiger partial charge on any atom is 0.233 e. The van der Waals surface area contributed by atoms with E-state index in [1.165, 1.54) is 9.71 Å². The van der Waals surface area contributed by atoms with Gasteiger partial charge in [0.05, 0.1) is 35.1 Å². The molecule has 1 aromatic carbocycles. The number of aromatic nitrogens is 3. The molecule has 2 aromatic heterocycles. The van der Waals surface area contributed by atoms with Gasteiger partial charge in [-0.25, -0.2) is 4.98 Å². The predicted octanol–water partition coefficient (Wildman–Crippen LogP) is 5.43. The minimum absolute atomic E-state index is 0.472. The first-order valence-corrected chi connectivity index (χ1v) is 9.66. The monoisotopic (exact) mass is 373 g/mol. The van der Waals surface area contributed by atoms with Crippen molar-refractivity contribution in [3.8, 4) is 11.6 Å². The van der Waals surface area contributed by atoms with Crippen molar-refractivity contribution in [3.63, 3.8) is 0 Å². The van der Waals surface area contributed by atoms with Gasteiger partial charge in [-0.2, -0.15) is 5.10 Å². The largest absolute Gasteiger partial charge is 0.494 e. The minimum Gasteiger partial charge on any atom is -0.494 e. The highest BCUT2D eigenvalue weighted by Crippen LogP contribution is 2.29. The fourth-order valence-corrected chi connectivity index (χ4v) is 3.20. The van der Waals surface area contributed by atoms with Crippen molar-refractivity contribution in [2.24, 2.45) is 0 Å². The fourth-order valence-electron chi connectivity index (χ4n) is 2.20. The van der Waals surface area contributed by atoms with E-state index in [1.54, 1.807) is 24.6 Å². The molecule has 26 heavy (non-hydrogen) atoms. The molecular formula is C20H27N3O2S. The summed E-state index contributed by atoms with van der Waals surface area (Å²) in [6, 6.07) is 7.98. The highest BCUT2D eigenvalue weighted by molar-refractivity contribution is 7.18. The molecule has 3 rings (SSSR count). The Morgan fingerprint density at radius 2 is 1.85 bits per heavy atom. The number of methoxy groups -OCH3 is 1. The van der Waals surface area contributed by atoms with Gasteiger partial charge in [-0.3, -0.25) is 0 Å². The van der Waals surface area contributed by atoms with Gasteiger partial charge in [0, 0.05) is 12.0 Å². The Bertz CT molecular complexity index is 831. The normalized spacial score (nSPS) is 10.8. The van der Waals surface area contributed by atoms with Crippen LogP contribution in [-0.4, -0.2) is 28.9 Å². The molecule has 0 fully saturated rings. The van der Waals surface area contributed by atoms with Crippen LogP contribution in [0.3, 0.4) is 0 Å². The van der Waals surface area contributed by atoms with Crippen molar-refractivity contribution < 1.29 is 9.47 Å². The smallest absolute Gasteiger partial charge is 0.233 e. The summed E-state index contributed by atoms with van der Waals surface area (Å²) in [7, 11) is 1.59. The highest BCUT2D eigenvalue weighted by Gasteiger charge is 2.07. The molecule has 0 unspecified atom stereocenters. The summed E-state index contributed by atoms with van der Waals surface area (Å²) in [5.41, 5.74) is 2.23. The van der Waals surface area contributed by atoms with E-state index in [0.717, 1.165) is 16.8 Å². The molecule has 0 aliphatic rings. The summed E-state index contributed by atoms with van der Waals surface area (Å²) < 4.78 is 11.6. The average molecular weight is 374 g/mol. The van der Waals surface area contributed by atoms with Crippen molar-refractivity contribution in [1.82, 2.24) is 15.2 Å². The van der Waals surface area contributed by atoms with Crippen molar-refractivity contribution in [2.45, 2.75) is 46.5 Å². The van der Waals surface area contributed by atoms with Gasteiger partial charge in [0.15, 0.2) is 0 Å². The van der Waals surface area contributed by atoms with E-state index in [4.69, 9.17) is 9.47 Å². The maximum atomic E-state index is 5.46. The molecule has 2 heterocycles. The number of hydrogen-bond acceptors (Lipinski definition) is 6. The van der Waals surface area contributed by atoms with Gasteiger partial charge in [-0.05, 0) is 36.6 Å². The van der Waals surface area contributed by atoms with Gasteiger partial charge in [0.2, 0.25) is 5.88 Å². The van der Waals surface area contributed by atoms with Crippen LogP contribution in [0, 0.1) is 0 Å². The summed E-state index contributed by atoms with van der Waals surface area (Å²) in [4.78, 5) is 4.58. The van der Waals surface area contributed by atoms with E-state index in [-0.39, 0.29) is 0 Å². The molecule has 0 spiro atoms. The van der Waals surface area contributed by atoms with E-state index in [0.29, 0.717) is 24.3 Å². The highest BCUT2D eigenvalue weighted by atomic mass is 32.1. The number of thiazole rings is 1. The number of ether oxygens (including phenoxy) is 2. The quantitative estimate of drug-likeness (QED) is 0.597. The van der Waals surface area contributed by atoms with Crippen LogP contribution in [0.1, 0.15) is 57.0 Å². The van der Waals surface area contributed by atoms with Gasteiger partial charge >= 0.3 is 0 Å². The van der Waals surface area contributed by atoms with Crippen LogP contribution in [0.25, 0.3) is 10.2 Å². The van der Waals surface area contributed by atoms with E-state index < -0.39 is 0 Å². The summed E-state index contributed by atoms with van der Waals surface area (Å²) in [6.07, 6.45) is 1.76. The van der Waals surface area contributed by atoms with E-state index in [1.807, 2.05) is 25.1 Å². The number of fused-ring (bicyclic) bond motifs is 1. The molecule has 0 saturated carbocycles. The van der Waals surface area contributed by atoms with Gasteiger partial charge in [0.25, 0.3) is 0 Å². The number of benzene rings is 1. The summed E-state index contributed by atoms with van der Waals surface area (Å²) in [5.74, 6) is 2.48. The number of rotatable bonds is 5. The lowest BCUT2D eigenvalue weighted by Gasteiger charge is -2.04. The van der Waals surface area contributed by atoms with Gasteiger partial charge < -0.3 is 9.47 Å². The minimum atomic E-state index is 0.472. The zero-order chi connectivity index (χ0) is 19.1. The molecule has 0 saturated heterocycles. The first kappa shape index (κ1) is 20.1. The summed E-state index contributed by atoms with van der Waals surface area (Å²) in [6.45, 7) is 11.3. The molecule has 0 radical (unpaired) electrons. The Kier molecular flexibility index (Phi) is 7.33. The Balaban J connectivity index is 0.000000197. The van der Waals surface area contributed by atoms with E-state index >= 15 is 0 Å². The Morgan fingerprint density at radius 1 is 1.08 bits per heavy atom. The molecule has 0 aliphatic carbocycles. The van der Waals surface area contributed by atoms with Crippen LogP contribution in [0.2, 0.25) is 0 Å². The standard InChI is InChI=1S/C12H15NOS.C8H12N2O/c1-4-14-9-5-6-10-11(7-9)15-12(13-10)8(2)3;1-6(2)7-4-8(11-3)10-9-5-7/h5-8H,4H2,1-3H3;4-6H,1-3H3. The van der Waals surface area contributed by atoms with Gasteiger partial charge in [-0.1, -0.05) is 27.7 Å². The second kappa shape index (κ2) is 9.48. The number of nitrogens with zero attached hydrogens (tertiary/aromatic N) is 3. The lowest BCUT2D eigenvalue weighted by atomic mass is 10.1. The van der Waals surface area contributed by atoms with Gasteiger partial charge in [-0.15, -0.1) is 16.4 Å². The summed E-state index contributed by atoms with van der Waals surface area (Å²) in [5, 5.41) is 8.76. The summed E-state index contributed by atoms with van der Waals surface area (Å²) >= 11 is 1.75. The van der Waals surface area contributed by atoms with Gasteiger partial charge in [0.1, 0.15) is 5.75 Å². The zero-order valence-corrected chi connectivity index (χ0v) is 17.1. The first-order valence-electron chi connectivity index (χ1n) is 8.84. The third-order valence-corrected chi connectivity index (χ3v) is 5.03. The van der Waals surface area contributed by atoms with Crippen molar-refractivity contribution >= 4 is 21.6 Å². The van der Waals surface area contributed by atoms with E-state index in [2.05, 4.69) is 48.9 Å². The molecule has 6 heteroatoms. The Labute approximate surface area is 159 Å². The van der Waals surface area contributed by atoms with Crippen LogP contribution in [0.4, 0.5) is 0 Å². The molecule has 0 bridgehead atoms. The van der Waals surface area contributed by atoms with Crippen LogP contribution in [0.15, 0.2) is 30.5 Å². The average Bonchev–Trinajstić information content (AvgIpc) is 3.06. The Hall–Kier alpha value is -2.21. The zero-order valence-electron chi connectivity index (χ0n) is 16.3. The molecular weight excluding hydrogens is 346 g/mol. The first-order chi connectivity index (χ1) is 12.4. The topological polar surface area (TPSA) is 57.1 Å². The van der Waals surface area contributed by atoms with Crippen LogP contribution < -0.4 is 9.47 Å². The van der Waals surface area contributed by atoms with E-state index in [9.17, 15) is 0 Å². The molecule has 0 N–H and O–H groups in total. The third kappa shape index (κ3) is 5.39. The third-order valence-electron chi connectivity index (χ3n) is 3.71. The van der Waals surface area contributed by atoms with Crippen molar-refractivity contribution in [1.29, 1.82) is 0 Å². The van der Waals surface area contributed by atoms with Crippen molar-refractivity contribution in [3.05, 3.63) is 41.0 Å². The maximum absolute atomic E-state index is 5.46. The number of hydrogen-bond donors (Lipinski definition) is 0. The molecule has 5 nitrogen and oxygen atoms in total. The molecule has 0 aliphatic heterocycles. The van der Waals surface area contributed by atoms with Crippen molar-refractivity contribution in [2.75, 3.05) is 13.7 Å². The second-order valence-corrected chi connectivity index (χ2v) is 7.52. The lowest BCUT2D eigenvalue weighted by Crippen LogP contribution is -1.94. The molecule has 140 valence electrons. The second-order valence-electron chi connectivity index (χ2n) is 6.46. The Morgan fingerprint density at radius 3 is 2.46 bits per heavy atom. The van der Waals surface area contributed by atoms with Crippen LogP contribution >= 0.6 is 11.3 Å². The van der Waals surface area contributed by atoms with Crippen LogP contribution in [-0.2, 0) is 0 Å². The lowest BCUT2D eigenvalue weighted by molar-refractivity contribution is 0.341. The predicted molar refractivity (Wildman–Crippen MR) is 108 cm³/mol.